The lowest BCUT2D eigenvalue weighted by atomic mass is 9.61. The third-order valence-corrected chi connectivity index (χ3v) is 26.3. The summed E-state index contributed by atoms with van der Waals surface area (Å²) in [5.74, 6) is 3.20. The smallest absolute Gasteiger partial charge is 0.261 e. The Morgan fingerprint density at radius 1 is 0.641 bits per heavy atom. The fourth-order valence-electron chi connectivity index (χ4n) is 12.3. The Morgan fingerprint density at radius 3 is 1.56 bits per heavy atom. The zero-order valence-electron chi connectivity index (χ0n) is 41.4. The molecule has 3 aliphatic carbocycles. The summed E-state index contributed by atoms with van der Waals surface area (Å²) in [6.45, 7) is 31.5. The van der Waals surface area contributed by atoms with Crippen LogP contribution in [0.15, 0.2) is 169 Å². The van der Waals surface area contributed by atoms with Crippen LogP contribution < -0.4 is 20.7 Å². The van der Waals surface area contributed by atoms with Crippen molar-refractivity contribution in [3.8, 4) is 0 Å². The van der Waals surface area contributed by atoms with E-state index in [-0.39, 0.29) is 22.3 Å². The van der Waals surface area contributed by atoms with Gasteiger partial charge in [0.15, 0.2) is 0 Å². The first kappa shape index (κ1) is 48.1. The minimum Gasteiger partial charge on any atom is -0.404 e. The average Bonchev–Trinajstić information content (AvgIpc) is 3.64. The molecule has 64 heavy (non-hydrogen) atoms. The van der Waals surface area contributed by atoms with Gasteiger partial charge in [-0.05, 0) is 115 Å². The van der Waals surface area contributed by atoms with Crippen LogP contribution in [0, 0.1) is 35.0 Å². The van der Waals surface area contributed by atoms with Gasteiger partial charge in [0.2, 0.25) is 0 Å². The molecule has 3 fully saturated rings. The first-order valence-electron chi connectivity index (χ1n) is 24.8. The van der Waals surface area contributed by atoms with Gasteiger partial charge >= 0.3 is 0 Å². The standard InChI is InChI=1S/C60H80O2Si2/c1-44(2)45(3)35-36-46(4)55-39-40-56-48(26-25-41-60(55,56)12)37-38-49-42-50(61-63(58(6,7)8,51-27-17-13-18-28-51)52-29-19-14-20-30-52)43-57(47(49)5)62-64(59(9,10)11,53-31-21-15-22-32-53)54-33-23-16-24-34-54/h13-24,27-38,44-46,50,55-57H,5,25-26,39-43H2,1-4,6-12H3/b36-35+,48-37+,49-38+/t45-,46+,50+,55+,56-,57-,60+/m0/s1. The summed E-state index contributed by atoms with van der Waals surface area (Å²) in [6, 6.07) is 44.6. The van der Waals surface area contributed by atoms with Gasteiger partial charge in [-0.2, -0.15) is 0 Å². The van der Waals surface area contributed by atoms with Crippen LogP contribution in [0.2, 0.25) is 10.1 Å². The van der Waals surface area contributed by atoms with E-state index in [1.807, 2.05) is 0 Å². The number of rotatable bonds is 13. The maximum Gasteiger partial charge on any atom is 0.261 e. The predicted molar refractivity (Wildman–Crippen MR) is 280 cm³/mol. The van der Waals surface area contributed by atoms with Gasteiger partial charge in [-0.1, -0.05) is 234 Å². The molecule has 0 spiro atoms. The van der Waals surface area contributed by atoms with Gasteiger partial charge in [-0.25, -0.2) is 0 Å². The van der Waals surface area contributed by atoms with Gasteiger partial charge in [0.25, 0.3) is 16.6 Å². The topological polar surface area (TPSA) is 18.5 Å². The van der Waals surface area contributed by atoms with E-state index >= 15 is 0 Å². The highest BCUT2D eigenvalue weighted by molar-refractivity contribution is 7.00. The Kier molecular flexibility index (Phi) is 14.7. The number of allylic oxidation sites excluding steroid dienone is 5. The highest BCUT2D eigenvalue weighted by atomic mass is 28.4. The van der Waals surface area contributed by atoms with E-state index in [1.54, 1.807) is 5.57 Å². The van der Waals surface area contributed by atoms with E-state index in [0.717, 1.165) is 18.4 Å². The molecule has 0 saturated heterocycles. The van der Waals surface area contributed by atoms with Gasteiger partial charge in [0, 0.05) is 6.42 Å². The van der Waals surface area contributed by atoms with Crippen molar-refractivity contribution >= 4 is 37.4 Å². The Morgan fingerprint density at radius 2 is 1.11 bits per heavy atom. The number of benzene rings is 4. The summed E-state index contributed by atoms with van der Waals surface area (Å²) >= 11 is 0. The Labute approximate surface area is 391 Å². The normalized spacial score (nSPS) is 25.8. The molecule has 4 aromatic rings. The van der Waals surface area contributed by atoms with Gasteiger partial charge in [-0.15, -0.1) is 0 Å². The quantitative estimate of drug-likeness (QED) is 0.0984. The average molecular weight is 889 g/mol. The Bertz CT molecular complexity index is 2170. The predicted octanol–water partition coefficient (Wildman–Crippen LogP) is 13.8. The third-order valence-electron chi connectivity index (χ3n) is 16.2. The van der Waals surface area contributed by atoms with Gasteiger partial charge in [0.1, 0.15) is 0 Å². The minimum absolute atomic E-state index is 0.0713. The Hall–Kier alpha value is -3.81. The van der Waals surface area contributed by atoms with Crippen molar-refractivity contribution in [2.45, 2.75) is 143 Å². The number of hydrogen-bond donors (Lipinski definition) is 0. The molecule has 3 saturated carbocycles. The van der Waals surface area contributed by atoms with Crippen molar-refractivity contribution in [1.29, 1.82) is 0 Å². The first-order valence-corrected chi connectivity index (χ1v) is 28.6. The van der Waals surface area contributed by atoms with Crippen molar-refractivity contribution in [3.05, 3.63) is 169 Å². The van der Waals surface area contributed by atoms with Crippen LogP contribution in [-0.2, 0) is 8.85 Å². The van der Waals surface area contributed by atoms with Crippen molar-refractivity contribution in [3.63, 3.8) is 0 Å². The molecule has 0 aromatic heterocycles. The lowest BCUT2D eigenvalue weighted by molar-refractivity contribution is 0.102. The molecule has 0 bridgehead atoms. The van der Waals surface area contributed by atoms with Crippen LogP contribution in [0.4, 0.5) is 0 Å². The van der Waals surface area contributed by atoms with Crippen LogP contribution in [-0.4, -0.2) is 28.8 Å². The maximum absolute atomic E-state index is 8.08. The molecule has 4 aromatic carbocycles. The number of fused-ring (bicyclic) bond motifs is 1. The molecule has 7 atom stereocenters. The lowest BCUT2D eigenvalue weighted by Crippen LogP contribution is -2.69. The monoisotopic (exact) mass is 889 g/mol. The highest BCUT2D eigenvalue weighted by Gasteiger charge is 2.55. The van der Waals surface area contributed by atoms with E-state index in [9.17, 15) is 0 Å². The second-order valence-corrected chi connectivity index (χ2v) is 31.0. The molecule has 0 heterocycles. The van der Waals surface area contributed by atoms with Gasteiger partial charge in [-0.3, -0.25) is 0 Å². The van der Waals surface area contributed by atoms with Crippen LogP contribution >= 0.6 is 0 Å². The summed E-state index contributed by atoms with van der Waals surface area (Å²) in [7, 11) is -5.82. The largest absolute Gasteiger partial charge is 0.404 e. The summed E-state index contributed by atoms with van der Waals surface area (Å²) in [4.78, 5) is 0. The number of hydrogen-bond acceptors (Lipinski definition) is 2. The highest BCUT2D eigenvalue weighted by Crippen LogP contribution is 2.59. The molecular formula is C60H80O2Si2. The first-order chi connectivity index (χ1) is 30.4. The summed E-state index contributed by atoms with van der Waals surface area (Å²) < 4.78 is 16.2. The molecule has 7 rings (SSSR count). The fraction of sp³-hybridized carbons (Fsp3) is 0.467. The van der Waals surface area contributed by atoms with Gasteiger partial charge in [0.05, 0.1) is 12.2 Å². The van der Waals surface area contributed by atoms with E-state index in [1.165, 1.54) is 58.4 Å². The van der Waals surface area contributed by atoms with E-state index in [0.29, 0.717) is 35.0 Å². The second-order valence-electron chi connectivity index (χ2n) is 22.5. The second kappa shape index (κ2) is 19.6. The van der Waals surface area contributed by atoms with Crippen molar-refractivity contribution in [1.82, 2.24) is 0 Å². The molecule has 0 aliphatic heterocycles. The van der Waals surface area contributed by atoms with E-state index in [2.05, 4.69) is 222 Å². The van der Waals surface area contributed by atoms with Crippen LogP contribution in [0.3, 0.4) is 0 Å². The van der Waals surface area contributed by atoms with Gasteiger partial charge < -0.3 is 8.85 Å². The maximum atomic E-state index is 8.08. The zero-order chi connectivity index (χ0) is 45.9. The summed E-state index contributed by atoms with van der Waals surface area (Å²) in [6.07, 6.45) is 17.7. The molecule has 0 N–H and O–H groups in total. The molecule has 0 amide bonds. The zero-order valence-corrected chi connectivity index (χ0v) is 43.4. The molecule has 0 radical (unpaired) electrons. The fourth-order valence-corrected chi connectivity index (χ4v) is 21.7. The van der Waals surface area contributed by atoms with Crippen LogP contribution in [0.25, 0.3) is 0 Å². The molecule has 0 unspecified atom stereocenters. The lowest BCUT2D eigenvalue weighted by Gasteiger charge is -2.49. The Balaban J connectivity index is 1.33. The third kappa shape index (κ3) is 9.41. The van der Waals surface area contributed by atoms with E-state index in [4.69, 9.17) is 15.4 Å². The summed E-state index contributed by atoms with van der Waals surface area (Å²) in [5, 5.41) is 4.91. The van der Waals surface area contributed by atoms with Crippen molar-refractivity contribution < 1.29 is 8.85 Å². The van der Waals surface area contributed by atoms with Crippen molar-refractivity contribution in [2.24, 2.45) is 35.0 Å². The SMILES string of the molecule is C=C1/C(=C/C=C2\CCC[C@]3(C)[C@@H]([C@H](C)/C=C/[C@H](C)C(C)C)CC[C@@H]23)C[C@@H](O[Si](c2ccccc2)(c2ccccc2)C(C)(C)C)C[C@@H]1O[Si](c1ccccc1)(c1ccccc1)C(C)(C)C. The van der Waals surface area contributed by atoms with E-state index < -0.39 is 16.6 Å². The van der Waals surface area contributed by atoms with Crippen molar-refractivity contribution in [2.75, 3.05) is 0 Å². The summed E-state index contributed by atoms with van der Waals surface area (Å²) in [5.41, 5.74) is 4.36. The molecular weight excluding hydrogens is 809 g/mol. The minimum atomic E-state index is -2.94. The van der Waals surface area contributed by atoms with Crippen LogP contribution in [0.1, 0.15) is 121 Å². The molecule has 2 nitrogen and oxygen atoms in total. The molecule has 340 valence electrons. The molecule has 4 heteroatoms. The molecule has 3 aliphatic rings. The van der Waals surface area contributed by atoms with Crippen LogP contribution in [0.5, 0.6) is 0 Å².